The van der Waals surface area contributed by atoms with Gasteiger partial charge in [0.2, 0.25) is 0 Å². The highest BCUT2D eigenvalue weighted by Crippen LogP contribution is 2.42. The van der Waals surface area contributed by atoms with Crippen LogP contribution >= 0.6 is 7.82 Å². The normalized spacial score (nSPS) is 13.4. The minimum atomic E-state index is -4.26. The molecular formula is C47H89O8P. The number of carbonyl (C=O) groups excluding carboxylic acids is 2. The Morgan fingerprint density at radius 2 is 0.804 bits per heavy atom. The minimum Gasteiger partial charge on any atom is -0.462 e. The van der Waals surface area contributed by atoms with Crippen LogP contribution in [0, 0.1) is 0 Å². The summed E-state index contributed by atoms with van der Waals surface area (Å²) in [5.41, 5.74) is 0. The van der Waals surface area contributed by atoms with E-state index < -0.39 is 26.5 Å². The summed E-state index contributed by atoms with van der Waals surface area (Å²) in [5, 5.41) is 0. The second-order valence-electron chi connectivity index (χ2n) is 15.9. The molecule has 0 radical (unpaired) electrons. The highest BCUT2D eigenvalue weighted by Gasteiger charge is 2.24. The van der Waals surface area contributed by atoms with Crippen molar-refractivity contribution in [1.29, 1.82) is 0 Å². The lowest BCUT2D eigenvalue weighted by Gasteiger charge is -2.19. The van der Waals surface area contributed by atoms with Gasteiger partial charge in [0, 0.05) is 20.0 Å². The number of phosphoric acid groups is 1. The molecule has 0 bridgehead atoms. The smallest absolute Gasteiger partial charge is 0.462 e. The Labute approximate surface area is 345 Å². The first-order valence-corrected chi connectivity index (χ1v) is 25.0. The Balaban J connectivity index is 3.94. The predicted molar refractivity (Wildman–Crippen MR) is 235 cm³/mol. The van der Waals surface area contributed by atoms with Gasteiger partial charge < -0.3 is 14.4 Å². The molecule has 2 atom stereocenters. The number of hydrogen-bond donors (Lipinski definition) is 1. The summed E-state index contributed by atoms with van der Waals surface area (Å²) in [4.78, 5) is 34.5. The van der Waals surface area contributed by atoms with E-state index in [4.69, 9.17) is 14.0 Å². The van der Waals surface area contributed by atoms with E-state index in [0.717, 1.165) is 52.1 Å². The van der Waals surface area contributed by atoms with Gasteiger partial charge in [0.05, 0.1) is 6.61 Å². The summed E-state index contributed by atoms with van der Waals surface area (Å²) in [6, 6.07) is 0. The Morgan fingerprint density at radius 3 is 1.16 bits per heavy atom. The molecule has 0 aliphatic carbocycles. The number of ether oxygens (including phenoxy) is 2. The van der Waals surface area contributed by atoms with Gasteiger partial charge in [0.25, 0.3) is 0 Å². The van der Waals surface area contributed by atoms with E-state index >= 15 is 0 Å². The lowest BCUT2D eigenvalue weighted by molar-refractivity contribution is -0.161. The molecule has 0 saturated heterocycles. The molecular weight excluding hydrogens is 723 g/mol. The van der Waals surface area contributed by atoms with Crippen LogP contribution in [0.2, 0.25) is 0 Å². The van der Waals surface area contributed by atoms with Crippen LogP contribution in [0.25, 0.3) is 0 Å². The standard InChI is InChI=1S/C47H89O8P/c1-4-6-8-10-12-14-16-18-20-22-23-24-25-26-28-30-32-34-36-38-40-42-47(49)55-45(44-54-56(50,51)52-3)43-53-46(48)41-39-37-35-33-31-29-27-21-19-17-15-13-11-9-7-5-2/h21-23,27,45H,4-20,24-26,28-44H2,1-3H3,(H,50,51)/b23-22-,27-21-. The topological polar surface area (TPSA) is 108 Å². The highest BCUT2D eigenvalue weighted by atomic mass is 31.2. The quantitative estimate of drug-likeness (QED) is 0.0280. The molecule has 9 heteroatoms. The molecule has 8 nitrogen and oxygen atoms in total. The first-order chi connectivity index (χ1) is 27.3. The van der Waals surface area contributed by atoms with Crippen LogP contribution in [-0.2, 0) is 32.7 Å². The van der Waals surface area contributed by atoms with E-state index in [1.54, 1.807) is 0 Å². The van der Waals surface area contributed by atoms with Crippen molar-refractivity contribution in [3.63, 3.8) is 0 Å². The van der Waals surface area contributed by atoms with Crippen LogP contribution in [0.1, 0.15) is 239 Å². The molecule has 0 fully saturated rings. The van der Waals surface area contributed by atoms with Gasteiger partial charge in [-0.15, -0.1) is 0 Å². The fourth-order valence-corrected chi connectivity index (χ4v) is 7.23. The third-order valence-corrected chi connectivity index (χ3v) is 11.4. The van der Waals surface area contributed by atoms with Gasteiger partial charge in [0.1, 0.15) is 6.61 Å². The number of phosphoric ester groups is 1. The molecule has 0 heterocycles. The van der Waals surface area contributed by atoms with Gasteiger partial charge in [-0.25, -0.2) is 4.57 Å². The zero-order valence-corrected chi connectivity index (χ0v) is 37.7. The van der Waals surface area contributed by atoms with Crippen molar-refractivity contribution >= 4 is 19.8 Å². The maximum atomic E-state index is 12.5. The number of unbranched alkanes of at least 4 members (excludes halogenated alkanes) is 29. The van der Waals surface area contributed by atoms with Crippen LogP contribution in [0.3, 0.4) is 0 Å². The minimum absolute atomic E-state index is 0.227. The summed E-state index contributed by atoms with van der Waals surface area (Å²) >= 11 is 0. The molecule has 0 aromatic rings. The maximum absolute atomic E-state index is 12.5. The number of carbonyl (C=O) groups is 2. The third kappa shape index (κ3) is 42.1. The molecule has 0 aliphatic rings. The number of hydrogen-bond acceptors (Lipinski definition) is 7. The van der Waals surface area contributed by atoms with Crippen LogP contribution in [-0.4, -0.2) is 43.3 Å². The lowest BCUT2D eigenvalue weighted by atomic mass is 10.1. The first-order valence-electron chi connectivity index (χ1n) is 23.5. The van der Waals surface area contributed by atoms with Crippen LogP contribution in [0.5, 0.6) is 0 Å². The van der Waals surface area contributed by atoms with Crippen LogP contribution in [0.4, 0.5) is 0 Å². The average Bonchev–Trinajstić information content (AvgIpc) is 3.19. The summed E-state index contributed by atoms with van der Waals surface area (Å²) in [5.74, 6) is -0.807. The van der Waals surface area contributed by atoms with Crippen molar-refractivity contribution in [3.8, 4) is 0 Å². The SMILES string of the molecule is CCCCCCCCC/C=C\CCCCCCCC(=O)OCC(COP(=O)(O)OC)OC(=O)CCCCCCCCCCC/C=C\CCCCCCCCCC. The van der Waals surface area contributed by atoms with E-state index in [0.29, 0.717) is 6.42 Å². The van der Waals surface area contributed by atoms with Crippen molar-refractivity contribution in [1.82, 2.24) is 0 Å². The highest BCUT2D eigenvalue weighted by molar-refractivity contribution is 7.47. The first kappa shape index (κ1) is 54.5. The Bertz CT molecular complexity index is 968. The van der Waals surface area contributed by atoms with E-state index in [1.165, 1.54) is 161 Å². The molecule has 0 aromatic carbocycles. The second kappa shape index (κ2) is 43.1. The summed E-state index contributed by atoms with van der Waals surface area (Å²) in [6.07, 6.45) is 49.5. The summed E-state index contributed by atoms with van der Waals surface area (Å²) < 4.78 is 32.1. The van der Waals surface area contributed by atoms with Crippen molar-refractivity contribution in [2.24, 2.45) is 0 Å². The van der Waals surface area contributed by atoms with Crippen molar-refractivity contribution in [3.05, 3.63) is 24.3 Å². The molecule has 0 aromatic heterocycles. The third-order valence-electron chi connectivity index (χ3n) is 10.4. The maximum Gasteiger partial charge on any atom is 0.472 e. The molecule has 56 heavy (non-hydrogen) atoms. The van der Waals surface area contributed by atoms with Crippen LogP contribution in [0.15, 0.2) is 24.3 Å². The molecule has 2 unspecified atom stereocenters. The average molecular weight is 813 g/mol. The van der Waals surface area contributed by atoms with E-state index in [2.05, 4.69) is 42.7 Å². The van der Waals surface area contributed by atoms with Crippen molar-refractivity contribution in [2.45, 2.75) is 245 Å². The second-order valence-corrected chi connectivity index (χ2v) is 17.4. The van der Waals surface area contributed by atoms with Gasteiger partial charge in [0.15, 0.2) is 6.10 Å². The van der Waals surface area contributed by atoms with Gasteiger partial charge >= 0.3 is 19.8 Å². The molecule has 0 spiro atoms. The van der Waals surface area contributed by atoms with E-state index in [1.807, 2.05) is 0 Å². The Kier molecular flexibility index (Phi) is 42.0. The monoisotopic (exact) mass is 813 g/mol. The number of allylic oxidation sites excluding steroid dienone is 4. The van der Waals surface area contributed by atoms with E-state index in [9.17, 15) is 19.0 Å². The summed E-state index contributed by atoms with van der Waals surface area (Å²) in [7, 11) is -3.20. The van der Waals surface area contributed by atoms with Gasteiger partial charge in [-0.05, 0) is 64.2 Å². The fraction of sp³-hybridized carbons (Fsp3) is 0.872. The largest absolute Gasteiger partial charge is 0.472 e. The molecule has 0 rings (SSSR count). The number of esters is 2. The van der Waals surface area contributed by atoms with E-state index in [-0.39, 0.29) is 25.4 Å². The molecule has 0 aliphatic heterocycles. The molecule has 0 saturated carbocycles. The Morgan fingerprint density at radius 1 is 0.482 bits per heavy atom. The molecule has 330 valence electrons. The Hall–Kier alpha value is -1.47. The zero-order valence-electron chi connectivity index (χ0n) is 36.8. The predicted octanol–water partition coefficient (Wildman–Crippen LogP) is 15.0. The lowest BCUT2D eigenvalue weighted by Crippen LogP contribution is -2.29. The van der Waals surface area contributed by atoms with Gasteiger partial charge in [-0.3, -0.25) is 18.6 Å². The van der Waals surface area contributed by atoms with Crippen LogP contribution < -0.4 is 0 Å². The fourth-order valence-electron chi connectivity index (χ4n) is 6.77. The summed E-state index contributed by atoms with van der Waals surface area (Å²) in [6.45, 7) is 3.90. The van der Waals surface area contributed by atoms with Crippen molar-refractivity contribution < 1.29 is 37.6 Å². The molecule has 0 amide bonds. The molecule has 1 N–H and O–H groups in total. The van der Waals surface area contributed by atoms with Gasteiger partial charge in [-0.2, -0.15) is 0 Å². The van der Waals surface area contributed by atoms with Gasteiger partial charge in [-0.1, -0.05) is 186 Å². The zero-order chi connectivity index (χ0) is 41.1. The van der Waals surface area contributed by atoms with Crippen molar-refractivity contribution in [2.75, 3.05) is 20.3 Å². The number of rotatable bonds is 44.